The fraction of sp³-hybridized carbons (Fsp3) is 0.481. The Morgan fingerprint density at radius 1 is 1.25 bits per heavy atom. The zero-order valence-electron chi connectivity index (χ0n) is 23.4. The number of nitrogens with zero attached hydrogens (tertiary/aromatic N) is 5. The number of sulfone groups is 1. The number of halogens is 1. The summed E-state index contributed by atoms with van der Waals surface area (Å²) in [7, 11) is -2.57. The molecule has 4 aromatic rings. The van der Waals surface area contributed by atoms with Gasteiger partial charge in [-0.15, -0.1) is 0 Å². The molecule has 1 aromatic carbocycles. The number of hydrogen-bond donors (Lipinski definition) is 1. The van der Waals surface area contributed by atoms with Crippen LogP contribution in [-0.2, 0) is 28.4 Å². The third-order valence-corrected chi connectivity index (χ3v) is 11.0. The van der Waals surface area contributed by atoms with E-state index in [0.29, 0.717) is 59.0 Å². The van der Waals surface area contributed by atoms with Gasteiger partial charge in [-0.3, -0.25) is 9.48 Å². The van der Waals surface area contributed by atoms with Gasteiger partial charge in [-0.25, -0.2) is 18.4 Å². The van der Waals surface area contributed by atoms with Crippen LogP contribution < -0.4 is 5.32 Å². The minimum absolute atomic E-state index is 0.223. The Morgan fingerprint density at radius 3 is 2.73 bits per heavy atom. The van der Waals surface area contributed by atoms with Gasteiger partial charge in [-0.05, 0) is 43.5 Å². The van der Waals surface area contributed by atoms with Gasteiger partial charge in [0, 0.05) is 50.6 Å². The Hall–Kier alpha value is -2.80. The van der Waals surface area contributed by atoms with Crippen molar-refractivity contribution in [3.63, 3.8) is 0 Å². The molecule has 1 aliphatic carbocycles. The molecule has 2 atom stereocenters. The second-order valence-corrected chi connectivity index (χ2v) is 20.2. The lowest BCUT2D eigenvalue weighted by molar-refractivity contribution is 0.0890. The van der Waals surface area contributed by atoms with E-state index < -0.39 is 23.2 Å². The van der Waals surface area contributed by atoms with Crippen LogP contribution >= 0.6 is 11.6 Å². The average Bonchev–Trinajstić information content (AvgIpc) is 3.57. The van der Waals surface area contributed by atoms with E-state index in [1.165, 1.54) is 6.26 Å². The predicted molar refractivity (Wildman–Crippen MR) is 160 cm³/mol. The number of aryl methyl sites for hydroxylation is 1. The molecule has 214 valence electrons. The third-order valence-electron chi connectivity index (χ3n) is 7.42. The van der Waals surface area contributed by atoms with Crippen molar-refractivity contribution in [2.75, 3.05) is 12.9 Å². The van der Waals surface area contributed by atoms with E-state index in [-0.39, 0.29) is 18.7 Å². The van der Waals surface area contributed by atoms with Gasteiger partial charge in [0.25, 0.3) is 5.91 Å². The first-order chi connectivity index (χ1) is 18.8. The highest BCUT2D eigenvalue weighted by atomic mass is 35.5. The van der Waals surface area contributed by atoms with Crippen molar-refractivity contribution in [1.82, 2.24) is 29.6 Å². The van der Waals surface area contributed by atoms with Crippen LogP contribution in [0.5, 0.6) is 0 Å². The molecule has 1 saturated carbocycles. The monoisotopic (exact) mass is 602 g/mol. The number of carbonyl (C=O) groups is 1. The number of carbonyl (C=O) groups excluding carboxylic acids is 1. The fourth-order valence-electron chi connectivity index (χ4n) is 5.11. The van der Waals surface area contributed by atoms with Crippen LogP contribution in [0.4, 0.5) is 0 Å². The number of rotatable bonds is 9. The number of fused-ring (bicyclic) bond motifs is 2. The summed E-state index contributed by atoms with van der Waals surface area (Å²) in [4.78, 5) is 23.1. The van der Waals surface area contributed by atoms with Crippen LogP contribution in [0.15, 0.2) is 30.6 Å². The van der Waals surface area contributed by atoms with E-state index in [0.717, 1.165) is 16.9 Å². The van der Waals surface area contributed by atoms with E-state index >= 15 is 0 Å². The van der Waals surface area contributed by atoms with E-state index in [1.54, 1.807) is 27.7 Å². The van der Waals surface area contributed by atoms with Crippen molar-refractivity contribution in [2.24, 2.45) is 7.05 Å². The molecule has 3 heterocycles. The van der Waals surface area contributed by atoms with Crippen LogP contribution in [0.3, 0.4) is 0 Å². The highest BCUT2D eigenvalue weighted by Crippen LogP contribution is 2.30. The molecule has 1 amide bonds. The van der Waals surface area contributed by atoms with E-state index in [1.807, 2.05) is 19.2 Å². The standard InChI is InChI=1S/C27H35ClN6O4SSi/c1-33-23-12-17(28)6-9-20(23)24(32-33)22-14-29-26-25(31-22)21(15-34(26)16-38-10-11-40(3,4)5)27(35)30-18-7-8-19(13-18)39(2,36)37/h6,9,12,14-15,18-19H,7-8,10-11,13,16H2,1-5H3,(H,30,35). The van der Waals surface area contributed by atoms with Crippen molar-refractivity contribution in [3.8, 4) is 11.4 Å². The molecular formula is C27H35ClN6O4SSi. The van der Waals surface area contributed by atoms with Gasteiger partial charge in [-0.1, -0.05) is 31.2 Å². The lowest BCUT2D eigenvalue weighted by atomic mass is 10.1. The SMILES string of the molecule is Cn1nc(-c2cnc3c(n2)c(C(=O)NC2CCC(S(C)(=O)=O)C2)cn3COCC[Si](C)(C)C)c2ccc(Cl)cc21. The number of amides is 1. The highest BCUT2D eigenvalue weighted by molar-refractivity contribution is 7.91. The Kier molecular flexibility index (Phi) is 7.81. The van der Waals surface area contributed by atoms with Gasteiger partial charge in [0.15, 0.2) is 5.65 Å². The smallest absolute Gasteiger partial charge is 0.255 e. The van der Waals surface area contributed by atoms with E-state index in [2.05, 4.69) is 30.1 Å². The topological polar surface area (TPSA) is 121 Å². The average molecular weight is 603 g/mol. The van der Waals surface area contributed by atoms with Crippen LogP contribution in [0.25, 0.3) is 33.5 Å². The van der Waals surface area contributed by atoms with Gasteiger partial charge < -0.3 is 14.6 Å². The van der Waals surface area contributed by atoms with Crippen molar-refractivity contribution in [3.05, 3.63) is 41.2 Å². The largest absolute Gasteiger partial charge is 0.361 e. The Bertz CT molecular complexity index is 1690. The van der Waals surface area contributed by atoms with Crippen molar-refractivity contribution in [2.45, 2.75) is 63.0 Å². The zero-order valence-corrected chi connectivity index (χ0v) is 26.0. The molecule has 0 saturated heterocycles. The molecule has 1 aliphatic rings. The summed E-state index contributed by atoms with van der Waals surface area (Å²) < 4.78 is 33.6. The Labute approximate surface area is 240 Å². The van der Waals surface area contributed by atoms with Gasteiger partial charge in [0.05, 0.1) is 22.5 Å². The summed E-state index contributed by atoms with van der Waals surface area (Å²) in [5, 5.41) is 8.74. The maximum Gasteiger partial charge on any atom is 0.255 e. The second kappa shape index (κ2) is 10.9. The van der Waals surface area contributed by atoms with Crippen molar-refractivity contribution >= 4 is 57.5 Å². The highest BCUT2D eigenvalue weighted by Gasteiger charge is 2.33. The van der Waals surface area contributed by atoms with E-state index in [9.17, 15) is 13.2 Å². The molecule has 40 heavy (non-hydrogen) atoms. The molecule has 0 bridgehead atoms. The molecule has 0 radical (unpaired) electrons. The van der Waals surface area contributed by atoms with Crippen molar-refractivity contribution < 1.29 is 17.9 Å². The normalized spacial score (nSPS) is 18.1. The predicted octanol–water partition coefficient (Wildman–Crippen LogP) is 4.65. The summed E-state index contributed by atoms with van der Waals surface area (Å²) >= 11 is 6.20. The van der Waals surface area contributed by atoms with Gasteiger partial charge >= 0.3 is 0 Å². The lowest BCUT2D eigenvalue weighted by Crippen LogP contribution is -2.33. The molecule has 1 N–H and O–H groups in total. The molecule has 5 rings (SSSR count). The molecule has 0 spiro atoms. The third kappa shape index (κ3) is 6.09. The number of hydrogen-bond acceptors (Lipinski definition) is 7. The molecule has 10 nitrogen and oxygen atoms in total. The Morgan fingerprint density at radius 2 is 2.02 bits per heavy atom. The minimum atomic E-state index is -3.15. The number of nitrogens with one attached hydrogen (secondary N) is 1. The molecule has 1 fully saturated rings. The number of ether oxygens (including phenoxy) is 1. The summed E-state index contributed by atoms with van der Waals surface area (Å²) in [6, 6.07) is 6.35. The lowest BCUT2D eigenvalue weighted by Gasteiger charge is -2.15. The number of benzene rings is 1. The maximum atomic E-state index is 13.5. The van der Waals surface area contributed by atoms with Crippen molar-refractivity contribution in [1.29, 1.82) is 0 Å². The van der Waals surface area contributed by atoms with Gasteiger partial charge in [-0.2, -0.15) is 5.10 Å². The van der Waals surface area contributed by atoms with Crippen LogP contribution in [0.1, 0.15) is 29.6 Å². The first kappa shape index (κ1) is 28.7. The zero-order chi connectivity index (χ0) is 28.8. The summed E-state index contributed by atoms with van der Waals surface area (Å²) in [6.07, 6.45) is 6.19. The first-order valence-corrected chi connectivity index (χ1v) is 19.4. The molecule has 3 aromatic heterocycles. The van der Waals surface area contributed by atoms with Crippen LogP contribution in [0.2, 0.25) is 30.7 Å². The summed E-state index contributed by atoms with van der Waals surface area (Å²) in [6.45, 7) is 7.75. The first-order valence-electron chi connectivity index (χ1n) is 13.4. The van der Waals surface area contributed by atoms with E-state index in [4.69, 9.17) is 26.3 Å². The fourth-order valence-corrected chi connectivity index (χ4v) is 7.18. The van der Waals surface area contributed by atoms with Gasteiger partial charge in [0.2, 0.25) is 0 Å². The minimum Gasteiger partial charge on any atom is -0.361 e. The molecule has 2 unspecified atom stereocenters. The Balaban J connectivity index is 1.49. The quantitative estimate of drug-likeness (QED) is 0.219. The summed E-state index contributed by atoms with van der Waals surface area (Å²) in [5.74, 6) is -0.311. The molecule has 0 aliphatic heterocycles. The summed E-state index contributed by atoms with van der Waals surface area (Å²) in [5.41, 5.74) is 3.37. The molecule has 13 heteroatoms. The van der Waals surface area contributed by atoms with Crippen LogP contribution in [-0.4, -0.2) is 70.9 Å². The number of aromatic nitrogens is 5. The molecular weight excluding hydrogens is 568 g/mol. The van der Waals surface area contributed by atoms with Gasteiger partial charge in [0.1, 0.15) is 33.5 Å². The second-order valence-electron chi connectivity index (χ2n) is 11.9. The van der Waals surface area contributed by atoms with Crippen LogP contribution in [0, 0.1) is 0 Å². The maximum absolute atomic E-state index is 13.5.